The Morgan fingerprint density at radius 3 is 1.90 bits per heavy atom. The molecule has 156 valence electrons. The molecule has 1 aliphatic carbocycles. The molecule has 5 nitrogen and oxygen atoms in total. The van der Waals surface area contributed by atoms with Crippen LogP contribution in [0.2, 0.25) is 0 Å². The number of nitriles is 1. The number of hydrogen-bond donors (Lipinski definition) is 3. The Hall–Kier alpha value is -2.55. The summed E-state index contributed by atoms with van der Waals surface area (Å²) in [6, 6.07) is 14.9. The molecule has 1 unspecified atom stereocenters. The highest BCUT2D eigenvalue weighted by Crippen LogP contribution is 2.38. The van der Waals surface area contributed by atoms with Gasteiger partial charge < -0.3 is 15.3 Å². The normalized spacial score (nSPS) is 21.0. The number of phenolic OH excluding ortho intramolecular Hbond substituents is 2. The third-order valence-corrected chi connectivity index (χ3v) is 5.51. The van der Waals surface area contributed by atoms with E-state index in [-0.39, 0.29) is 11.5 Å². The highest BCUT2D eigenvalue weighted by Gasteiger charge is 2.36. The summed E-state index contributed by atoms with van der Waals surface area (Å²) < 4.78 is 0. The van der Waals surface area contributed by atoms with Gasteiger partial charge in [0, 0.05) is 19.6 Å². The highest BCUT2D eigenvalue weighted by molar-refractivity contribution is 5.33. The summed E-state index contributed by atoms with van der Waals surface area (Å²) in [4.78, 5) is 2.39. The van der Waals surface area contributed by atoms with Gasteiger partial charge in [-0.05, 0) is 66.6 Å². The van der Waals surface area contributed by atoms with Crippen molar-refractivity contribution >= 4 is 0 Å². The van der Waals surface area contributed by atoms with E-state index in [9.17, 15) is 10.2 Å². The van der Waals surface area contributed by atoms with E-state index >= 15 is 0 Å². The van der Waals surface area contributed by atoms with Gasteiger partial charge in [-0.1, -0.05) is 32.4 Å². The molecule has 2 fully saturated rings. The van der Waals surface area contributed by atoms with Gasteiger partial charge in [-0.15, -0.1) is 0 Å². The molecule has 5 heteroatoms. The molecule has 0 spiro atoms. The van der Waals surface area contributed by atoms with Gasteiger partial charge in [0.15, 0.2) is 0 Å². The molecular formula is C24H32N2O3. The molecule has 29 heavy (non-hydrogen) atoms. The summed E-state index contributed by atoms with van der Waals surface area (Å²) in [7, 11) is 0. The number of likely N-dealkylation sites (tertiary alicyclic amines) is 1. The average Bonchev–Trinajstić information content (AvgIpc) is 3.33. The summed E-state index contributed by atoms with van der Waals surface area (Å²) in [5.41, 5.74) is 1.46. The second-order valence-corrected chi connectivity index (χ2v) is 7.44. The number of β-amino-alcohol motifs (C(OH)–C–C–N with tert-alkyl or cyclic N) is 1. The van der Waals surface area contributed by atoms with E-state index in [1.165, 1.54) is 31.4 Å². The largest absolute Gasteiger partial charge is 0.508 e. The molecule has 0 amide bonds. The first-order valence-corrected chi connectivity index (χ1v) is 10.4. The van der Waals surface area contributed by atoms with Crippen molar-refractivity contribution < 1.29 is 15.3 Å². The molecule has 0 radical (unpaired) electrons. The Kier molecular flexibility index (Phi) is 8.98. The van der Waals surface area contributed by atoms with Gasteiger partial charge in [-0.3, -0.25) is 4.90 Å². The number of phenols is 2. The number of nitrogens with zero attached hydrogens (tertiary/aromatic N) is 2. The van der Waals surface area contributed by atoms with E-state index in [1.807, 2.05) is 19.9 Å². The summed E-state index contributed by atoms with van der Waals surface area (Å²) in [5, 5.41) is 36.5. The van der Waals surface area contributed by atoms with Crippen molar-refractivity contribution in [1.29, 1.82) is 5.26 Å². The number of hydrogen-bond acceptors (Lipinski definition) is 5. The van der Waals surface area contributed by atoms with Crippen LogP contribution in [-0.4, -0.2) is 39.9 Å². The van der Waals surface area contributed by atoms with E-state index in [0.29, 0.717) is 5.56 Å². The number of benzene rings is 2. The Balaban J connectivity index is 0.000000231. The topological polar surface area (TPSA) is 87.7 Å². The zero-order chi connectivity index (χ0) is 21.2. The van der Waals surface area contributed by atoms with Crippen molar-refractivity contribution in [3.63, 3.8) is 0 Å². The standard InChI is InChI=1S/C15H21NO2.C7H5NO.C2H6/c17-14-6-4-11(5-7-14)15(18)10-16-8-12-2-1-3-13(12)9-16;8-5-6-1-3-7(9)4-2-6;1-2/h4-7,12-13,15,17-18H,1-3,8-10H2;1-4,9H;1-2H3/t12-,13+,15?;;. The van der Waals surface area contributed by atoms with Crippen LogP contribution in [-0.2, 0) is 0 Å². The number of rotatable bonds is 3. The van der Waals surface area contributed by atoms with Crippen molar-refractivity contribution in [2.75, 3.05) is 19.6 Å². The molecule has 2 aliphatic rings. The molecule has 1 saturated heterocycles. The van der Waals surface area contributed by atoms with Gasteiger partial charge in [0.25, 0.3) is 0 Å². The summed E-state index contributed by atoms with van der Waals surface area (Å²) in [6.45, 7) is 7.03. The zero-order valence-corrected chi connectivity index (χ0v) is 17.3. The van der Waals surface area contributed by atoms with Crippen molar-refractivity contribution in [2.24, 2.45) is 11.8 Å². The Labute approximate surface area is 173 Å². The fourth-order valence-electron chi connectivity index (χ4n) is 4.06. The molecule has 0 aromatic heterocycles. The first-order valence-electron chi connectivity index (χ1n) is 10.4. The minimum Gasteiger partial charge on any atom is -0.508 e. The van der Waals surface area contributed by atoms with Gasteiger partial charge in [0.2, 0.25) is 0 Å². The van der Waals surface area contributed by atoms with Crippen LogP contribution in [0.15, 0.2) is 48.5 Å². The second-order valence-electron chi connectivity index (χ2n) is 7.44. The molecule has 2 aromatic carbocycles. The Morgan fingerprint density at radius 1 is 0.931 bits per heavy atom. The van der Waals surface area contributed by atoms with Crippen LogP contribution in [0, 0.1) is 23.2 Å². The number of aromatic hydroxyl groups is 2. The van der Waals surface area contributed by atoms with Gasteiger partial charge in [-0.25, -0.2) is 0 Å². The fraction of sp³-hybridized carbons (Fsp3) is 0.458. The van der Waals surface area contributed by atoms with E-state index < -0.39 is 6.10 Å². The summed E-state index contributed by atoms with van der Waals surface area (Å²) >= 11 is 0. The minimum atomic E-state index is -0.440. The van der Waals surface area contributed by atoms with Crippen LogP contribution in [0.5, 0.6) is 11.5 Å². The molecule has 4 rings (SSSR count). The third-order valence-electron chi connectivity index (χ3n) is 5.51. The van der Waals surface area contributed by atoms with Crippen LogP contribution in [0.3, 0.4) is 0 Å². The van der Waals surface area contributed by atoms with Gasteiger partial charge >= 0.3 is 0 Å². The lowest BCUT2D eigenvalue weighted by molar-refractivity contribution is 0.122. The molecule has 3 atom stereocenters. The van der Waals surface area contributed by atoms with Crippen LogP contribution in [0.4, 0.5) is 0 Å². The van der Waals surface area contributed by atoms with Crippen LogP contribution >= 0.6 is 0 Å². The second kappa shape index (κ2) is 11.5. The fourth-order valence-corrected chi connectivity index (χ4v) is 4.06. The molecule has 0 bridgehead atoms. The van der Waals surface area contributed by atoms with E-state index in [0.717, 1.165) is 37.0 Å². The monoisotopic (exact) mass is 396 g/mol. The van der Waals surface area contributed by atoms with Gasteiger partial charge in [-0.2, -0.15) is 5.26 Å². The average molecular weight is 397 g/mol. The lowest BCUT2D eigenvalue weighted by atomic mass is 10.0. The molecule has 2 aromatic rings. The van der Waals surface area contributed by atoms with Crippen molar-refractivity contribution in [3.8, 4) is 17.6 Å². The lowest BCUT2D eigenvalue weighted by Gasteiger charge is -2.21. The predicted molar refractivity (Wildman–Crippen MR) is 115 cm³/mol. The van der Waals surface area contributed by atoms with Crippen molar-refractivity contribution in [2.45, 2.75) is 39.2 Å². The van der Waals surface area contributed by atoms with Crippen LogP contribution in [0.1, 0.15) is 50.3 Å². The molecule has 3 N–H and O–H groups in total. The lowest BCUT2D eigenvalue weighted by Crippen LogP contribution is -2.27. The summed E-state index contributed by atoms with van der Waals surface area (Å²) in [6.07, 6.45) is 3.70. The molecule has 1 aliphatic heterocycles. The first kappa shape index (κ1) is 22.7. The quantitative estimate of drug-likeness (QED) is 0.713. The highest BCUT2D eigenvalue weighted by atomic mass is 16.3. The summed E-state index contributed by atoms with van der Waals surface area (Å²) in [5.74, 6) is 2.18. The number of aliphatic hydroxyl groups is 1. The van der Waals surface area contributed by atoms with E-state index in [4.69, 9.17) is 10.4 Å². The first-order chi connectivity index (χ1) is 14.0. The SMILES string of the molecule is CC.N#Cc1ccc(O)cc1.Oc1ccc(C(O)CN2C[C@H]3CCC[C@H]3C2)cc1. The Morgan fingerprint density at radius 2 is 1.41 bits per heavy atom. The molecular weight excluding hydrogens is 364 g/mol. The van der Waals surface area contributed by atoms with E-state index in [2.05, 4.69) is 4.90 Å². The maximum atomic E-state index is 10.2. The number of aliphatic hydroxyl groups excluding tert-OH is 1. The van der Waals surface area contributed by atoms with Crippen molar-refractivity contribution in [1.82, 2.24) is 4.90 Å². The van der Waals surface area contributed by atoms with Crippen molar-refractivity contribution in [3.05, 3.63) is 59.7 Å². The minimum absolute atomic E-state index is 0.189. The maximum Gasteiger partial charge on any atom is 0.115 e. The molecule has 1 heterocycles. The molecule has 1 saturated carbocycles. The van der Waals surface area contributed by atoms with Crippen LogP contribution in [0.25, 0.3) is 0 Å². The smallest absolute Gasteiger partial charge is 0.115 e. The van der Waals surface area contributed by atoms with Crippen LogP contribution < -0.4 is 0 Å². The third kappa shape index (κ3) is 6.77. The van der Waals surface area contributed by atoms with Gasteiger partial charge in [0.05, 0.1) is 17.7 Å². The Bertz CT molecular complexity index is 756. The van der Waals surface area contributed by atoms with E-state index in [1.54, 1.807) is 36.4 Å². The number of fused-ring (bicyclic) bond motifs is 1. The zero-order valence-electron chi connectivity index (χ0n) is 17.3. The van der Waals surface area contributed by atoms with Gasteiger partial charge in [0.1, 0.15) is 11.5 Å². The predicted octanol–water partition coefficient (Wildman–Crippen LogP) is 4.45. The maximum absolute atomic E-state index is 10.2.